The maximum atomic E-state index is 13.8. The van der Waals surface area contributed by atoms with E-state index in [4.69, 9.17) is 14.2 Å². The summed E-state index contributed by atoms with van der Waals surface area (Å²) < 4.78 is 59.6. The highest BCUT2D eigenvalue weighted by molar-refractivity contribution is 5.95. The molecule has 0 bridgehead atoms. The van der Waals surface area contributed by atoms with Crippen molar-refractivity contribution in [1.29, 1.82) is 0 Å². The minimum atomic E-state index is -5.09. The molecule has 188 valence electrons. The minimum Gasteiger partial charge on any atom is -0.371 e. The van der Waals surface area contributed by atoms with Crippen LogP contribution in [0.15, 0.2) is 76.4 Å². The van der Waals surface area contributed by atoms with Crippen molar-refractivity contribution in [2.24, 2.45) is 0 Å². The van der Waals surface area contributed by atoms with Gasteiger partial charge in [-0.05, 0) is 18.6 Å². The van der Waals surface area contributed by atoms with Crippen LogP contribution in [-0.4, -0.2) is 40.5 Å². The van der Waals surface area contributed by atoms with E-state index in [1.165, 1.54) is 24.3 Å². The van der Waals surface area contributed by atoms with E-state index in [-0.39, 0.29) is 29.8 Å². The van der Waals surface area contributed by atoms with Gasteiger partial charge >= 0.3 is 11.9 Å². The molecule has 0 unspecified atom stereocenters. The Morgan fingerprint density at radius 2 is 1.56 bits per heavy atom. The molecule has 2 aliphatic heterocycles. The van der Waals surface area contributed by atoms with Crippen LogP contribution >= 0.6 is 0 Å². The van der Waals surface area contributed by atoms with Crippen LogP contribution in [0.25, 0.3) is 0 Å². The van der Waals surface area contributed by atoms with Crippen LogP contribution in [0.1, 0.15) is 40.2 Å². The van der Waals surface area contributed by atoms with Gasteiger partial charge in [0.25, 0.3) is 11.5 Å². The monoisotopic (exact) mass is 502 g/mol. The standard InChI is InChI=1S/C25H21F3N2O6/c26-25(27,28)18-12-29(24(33)30(22(18)32)21(31)15-7-3-1-4-8-15)17-11-19-20(34-13-17)14-35-23(36-19)16-9-5-2-6-10-16/h1-10,12,17,19-20,23H,11,13-14H2/t17-,19-,20+,23+/m0/s1. The van der Waals surface area contributed by atoms with Gasteiger partial charge in [0.05, 0.1) is 25.4 Å². The quantitative estimate of drug-likeness (QED) is 0.547. The highest BCUT2D eigenvalue weighted by Crippen LogP contribution is 2.35. The second-order valence-electron chi connectivity index (χ2n) is 8.55. The predicted molar refractivity (Wildman–Crippen MR) is 120 cm³/mol. The fourth-order valence-corrected chi connectivity index (χ4v) is 4.40. The number of benzene rings is 2. The Kier molecular flexibility index (Phi) is 6.37. The molecule has 11 heteroatoms. The fraction of sp³-hybridized carbons (Fsp3) is 0.320. The number of carbonyl (C=O) groups excluding carboxylic acids is 1. The lowest BCUT2D eigenvalue weighted by Crippen LogP contribution is -2.52. The summed E-state index contributed by atoms with van der Waals surface area (Å²) in [4.78, 5) is 38.8. The number of aromatic nitrogens is 2. The lowest BCUT2D eigenvalue weighted by Gasteiger charge is -2.42. The van der Waals surface area contributed by atoms with Gasteiger partial charge < -0.3 is 14.2 Å². The molecule has 3 heterocycles. The van der Waals surface area contributed by atoms with Crippen molar-refractivity contribution in [2.75, 3.05) is 13.2 Å². The van der Waals surface area contributed by atoms with Crippen molar-refractivity contribution >= 4 is 5.91 Å². The van der Waals surface area contributed by atoms with Crippen molar-refractivity contribution < 1.29 is 32.2 Å². The first-order valence-electron chi connectivity index (χ1n) is 11.2. The molecule has 2 fully saturated rings. The van der Waals surface area contributed by atoms with E-state index in [0.717, 1.165) is 10.1 Å². The molecule has 2 saturated heterocycles. The molecular formula is C25H21F3N2O6. The third-order valence-corrected chi connectivity index (χ3v) is 6.24. The van der Waals surface area contributed by atoms with E-state index in [1.54, 1.807) is 6.07 Å². The van der Waals surface area contributed by atoms with Crippen LogP contribution in [0.5, 0.6) is 0 Å². The molecule has 0 saturated carbocycles. The lowest BCUT2D eigenvalue weighted by molar-refractivity contribution is -0.282. The normalized spacial score (nSPS) is 24.2. The number of hydrogen-bond donors (Lipinski definition) is 0. The molecular weight excluding hydrogens is 481 g/mol. The SMILES string of the molecule is O=C(c1ccccc1)n1c(=O)c(C(F)(F)F)cn([C@@H]2CO[C@@H]3CO[C@@H](c4ccccc4)O[C@H]3C2)c1=O. The minimum absolute atomic E-state index is 0.0296. The summed E-state index contributed by atoms with van der Waals surface area (Å²) in [5.41, 5.74) is -3.86. The topological polar surface area (TPSA) is 88.8 Å². The van der Waals surface area contributed by atoms with Crippen molar-refractivity contribution in [3.05, 3.63) is 104 Å². The fourth-order valence-electron chi connectivity index (χ4n) is 4.40. The van der Waals surface area contributed by atoms with Gasteiger partial charge in [0.1, 0.15) is 11.7 Å². The zero-order valence-corrected chi connectivity index (χ0v) is 18.8. The third-order valence-electron chi connectivity index (χ3n) is 6.24. The van der Waals surface area contributed by atoms with E-state index in [1.807, 2.05) is 30.3 Å². The largest absolute Gasteiger partial charge is 0.423 e. The summed E-state index contributed by atoms with van der Waals surface area (Å²) >= 11 is 0. The Bertz CT molecular complexity index is 1370. The summed E-state index contributed by atoms with van der Waals surface area (Å²) in [6.45, 7) is 0.0739. The summed E-state index contributed by atoms with van der Waals surface area (Å²) in [7, 11) is 0. The van der Waals surface area contributed by atoms with Gasteiger partial charge in [0.15, 0.2) is 6.29 Å². The molecule has 0 aliphatic carbocycles. The number of rotatable bonds is 3. The lowest BCUT2D eigenvalue weighted by atomic mass is 10.00. The Balaban J connectivity index is 1.51. The van der Waals surface area contributed by atoms with Gasteiger partial charge in [0.2, 0.25) is 0 Å². The van der Waals surface area contributed by atoms with Crippen molar-refractivity contribution in [1.82, 2.24) is 9.13 Å². The first-order chi connectivity index (χ1) is 17.2. The molecule has 0 N–H and O–H groups in total. The average Bonchev–Trinajstić information content (AvgIpc) is 2.88. The van der Waals surface area contributed by atoms with E-state index < -0.39 is 53.4 Å². The number of hydrogen-bond acceptors (Lipinski definition) is 6. The summed E-state index contributed by atoms with van der Waals surface area (Å²) in [5.74, 6) is -1.15. The van der Waals surface area contributed by atoms with Gasteiger partial charge in [-0.15, -0.1) is 0 Å². The highest BCUT2D eigenvalue weighted by atomic mass is 19.4. The van der Waals surface area contributed by atoms with Crippen LogP contribution in [0.2, 0.25) is 0 Å². The number of carbonyl (C=O) groups is 1. The van der Waals surface area contributed by atoms with Crippen molar-refractivity contribution in [3.8, 4) is 0 Å². The number of halogens is 3. The van der Waals surface area contributed by atoms with E-state index in [0.29, 0.717) is 6.20 Å². The maximum absolute atomic E-state index is 13.8. The predicted octanol–water partition coefficient (Wildman–Crippen LogP) is 3.16. The molecule has 36 heavy (non-hydrogen) atoms. The molecule has 0 amide bonds. The first-order valence-corrected chi connectivity index (χ1v) is 11.2. The maximum Gasteiger partial charge on any atom is 0.423 e. The molecule has 4 atom stereocenters. The van der Waals surface area contributed by atoms with Gasteiger partial charge in [-0.25, -0.2) is 4.79 Å². The third kappa shape index (κ3) is 4.52. The zero-order chi connectivity index (χ0) is 25.4. The van der Waals surface area contributed by atoms with Crippen LogP contribution in [0.3, 0.4) is 0 Å². The summed E-state index contributed by atoms with van der Waals surface area (Å²) in [6.07, 6.45) is -6.28. The first kappa shape index (κ1) is 24.2. The Labute approximate surface area is 202 Å². The molecule has 3 aromatic rings. The van der Waals surface area contributed by atoms with Crippen molar-refractivity contribution in [3.63, 3.8) is 0 Å². The number of alkyl halides is 3. The second-order valence-corrected chi connectivity index (χ2v) is 8.55. The molecule has 0 radical (unpaired) electrons. The van der Waals surface area contributed by atoms with Crippen LogP contribution in [0.4, 0.5) is 13.2 Å². The van der Waals surface area contributed by atoms with Gasteiger partial charge in [-0.3, -0.25) is 14.2 Å². The van der Waals surface area contributed by atoms with E-state index >= 15 is 0 Å². The molecule has 0 spiro atoms. The highest BCUT2D eigenvalue weighted by Gasteiger charge is 2.42. The second kappa shape index (κ2) is 9.49. The smallest absolute Gasteiger partial charge is 0.371 e. The van der Waals surface area contributed by atoms with E-state index in [9.17, 15) is 27.6 Å². The summed E-state index contributed by atoms with van der Waals surface area (Å²) in [6, 6.07) is 15.4. The molecule has 8 nitrogen and oxygen atoms in total. The van der Waals surface area contributed by atoms with Crippen molar-refractivity contribution in [2.45, 2.75) is 37.1 Å². The van der Waals surface area contributed by atoms with Crippen LogP contribution in [0, 0.1) is 0 Å². The van der Waals surface area contributed by atoms with Crippen LogP contribution < -0.4 is 11.2 Å². The molecule has 5 rings (SSSR count). The van der Waals surface area contributed by atoms with Crippen LogP contribution in [-0.2, 0) is 20.4 Å². The van der Waals surface area contributed by atoms with E-state index in [2.05, 4.69) is 0 Å². The average molecular weight is 502 g/mol. The molecule has 1 aromatic heterocycles. The number of ether oxygens (including phenoxy) is 3. The van der Waals surface area contributed by atoms with Gasteiger partial charge in [-0.2, -0.15) is 17.7 Å². The molecule has 2 aromatic carbocycles. The number of nitrogens with zero attached hydrogens (tertiary/aromatic N) is 2. The Morgan fingerprint density at radius 1 is 0.889 bits per heavy atom. The zero-order valence-electron chi connectivity index (χ0n) is 18.8. The Morgan fingerprint density at radius 3 is 2.22 bits per heavy atom. The van der Waals surface area contributed by atoms with Gasteiger partial charge in [-0.1, -0.05) is 48.5 Å². The number of fused-ring (bicyclic) bond motifs is 1. The van der Waals surface area contributed by atoms with Gasteiger partial charge in [0, 0.05) is 17.3 Å². The molecule has 2 aliphatic rings. The Hall–Kier alpha value is -3.54. The summed E-state index contributed by atoms with van der Waals surface area (Å²) in [5, 5.41) is 0.